The Morgan fingerprint density at radius 2 is 2.29 bits per heavy atom. The van der Waals surface area contributed by atoms with E-state index in [-0.39, 0.29) is 18.2 Å². The van der Waals surface area contributed by atoms with Gasteiger partial charge in [-0.1, -0.05) is 12.1 Å². The van der Waals surface area contributed by atoms with Gasteiger partial charge in [0.2, 0.25) is 0 Å². The predicted molar refractivity (Wildman–Crippen MR) is 79.1 cm³/mol. The van der Waals surface area contributed by atoms with Crippen molar-refractivity contribution >= 4 is 17.3 Å². The van der Waals surface area contributed by atoms with Crippen LogP contribution in [0.15, 0.2) is 35.7 Å². The summed E-state index contributed by atoms with van der Waals surface area (Å²) in [7, 11) is 1.41. The zero-order valence-corrected chi connectivity index (χ0v) is 12.3. The number of carboxylic acids is 1. The smallest absolute Gasteiger partial charge is 0.305 e. The van der Waals surface area contributed by atoms with Crippen LogP contribution in [0.2, 0.25) is 0 Å². The summed E-state index contributed by atoms with van der Waals surface area (Å²) in [4.78, 5) is 11.9. The molecular weight excluding hydrogens is 293 g/mol. The first-order chi connectivity index (χ1) is 10.1. The van der Waals surface area contributed by atoms with Gasteiger partial charge in [0.25, 0.3) is 0 Å². The summed E-state index contributed by atoms with van der Waals surface area (Å²) in [5.74, 6) is -1.11. The maximum Gasteiger partial charge on any atom is 0.305 e. The van der Waals surface area contributed by atoms with Gasteiger partial charge in [-0.25, -0.2) is 4.39 Å². The van der Waals surface area contributed by atoms with Crippen LogP contribution in [0.3, 0.4) is 0 Å². The van der Waals surface area contributed by atoms with Gasteiger partial charge < -0.3 is 15.2 Å². The van der Waals surface area contributed by atoms with Gasteiger partial charge in [-0.05, 0) is 29.1 Å². The maximum absolute atomic E-state index is 13.6. The summed E-state index contributed by atoms with van der Waals surface area (Å²) in [5, 5.41) is 14.0. The van der Waals surface area contributed by atoms with Gasteiger partial charge in [0.1, 0.15) is 0 Å². The molecule has 2 rings (SSSR count). The second-order valence-electron chi connectivity index (χ2n) is 4.52. The Hall–Kier alpha value is -1.92. The molecule has 0 radical (unpaired) electrons. The number of nitrogens with one attached hydrogen (secondary N) is 1. The third-order valence-corrected chi connectivity index (χ3v) is 4.02. The van der Waals surface area contributed by atoms with E-state index in [0.29, 0.717) is 6.54 Å². The molecule has 0 aliphatic carbocycles. The van der Waals surface area contributed by atoms with E-state index in [0.717, 1.165) is 10.4 Å². The van der Waals surface area contributed by atoms with Crippen LogP contribution in [0, 0.1) is 5.82 Å². The van der Waals surface area contributed by atoms with E-state index in [1.54, 1.807) is 12.1 Å². The van der Waals surface area contributed by atoms with Crippen LogP contribution in [-0.2, 0) is 11.3 Å². The highest BCUT2D eigenvalue weighted by molar-refractivity contribution is 7.10. The van der Waals surface area contributed by atoms with Crippen molar-refractivity contribution in [3.05, 3.63) is 52.0 Å². The summed E-state index contributed by atoms with van der Waals surface area (Å²) >= 11 is 1.50. The minimum atomic E-state index is -0.873. The summed E-state index contributed by atoms with van der Waals surface area (Å²) < 4.78 is 18.5. The molecule has 4 nitrogen and oxygen atoms in total. The average molecular weight is 309 g/mol. The van der Waals surface area contributed by atoms with E-state index < -0.39 is 11.8 Å². The van der Waals surface area contributed by atoms with Gasteiger partial charge in [-0.3, -0.25) is 4.79 Å². The van der Waals surface area contributed by atoms with Crippen LogP contribution in [-0.4, -0.2) is 18.2 Å². The molecule has 0 spiro atoms. The molecule has 0 saturated carbocycles. The van der Waals surface area contributed by atoms with Gasteiger partial charge in [0.15, 0.2) is 11.6 Å². The molecule has 112 valence electrons. The van der Waals surface area contributed by atoms with Gasteiger partial charge >= 0.3 is 5.97 Å². The van der Waals surface area contributed by atoms with E-state index in [9.17, 15) is 9.18 Å². The average Bonchev–Trinajstić information content (AvgIpc) is 2.97. The third-order valence-electron chi connectivity index (χ3n) is 3.03. The summed E-state index contributed by atoms with van der Waals surface area (Å²) in [6, 6.07) is 8.18. The van der Waals surface area contributed by atoms with Crippen molar-refractivity contribution in [2.24, 2.45) is 0 Å². The highest BCUT2D eigenvalue weighted by atomic mass is 32.1. The molecule has 6 heteroatoms. The Morgan fingerprint density at radius 1 is 1.48 bits per heavy atom. The molecule has 1 heterocycles. The summed E-state index contributed by atoms with van der Waals surface area (Å²) in [6.07, 6.45) is -0.0147. The fourth-order valence-corrected chi connectivity index (χ4v) is 2.80. The second kappa shape index (κ2) is 7.19. The molecule has 0 fully saturated rings. The fourth-order valence-electron chi connectivity index (χ4n) is 2.00. The van der Waals surface area contributed by atoms with Gasteiger partial charge in [0, 0.05) is 11.4 Å². The molecule has 0 aliphatic rings. The van der Waals surface area contributed by atoms with Crippen LogP contribution in [0.5, 0.6) is 5.75 Å². The first kappa shape index (κ1) is 15.5. The number of thiophene rings is 1. The summed E-state index contributed by atoms with van der Waals surface area (Å²) in [5.41, 5.74) is 0.736. The Kier molecular flexibility index (Phi) is 5.30. The molecule has 1 aromatic heterocycles. The lowest BCUT2D eigenvalue weighted by Crippen LogP contribution is -2.22. The van der Waals surface area contributed by atoms with Crippen molar-refractivity contribution in [1.29, 1.82) is 0 Å². The number of hydrogen-bond acceptors (Lipinski definition) is 4. The largest absolute Gasteiger partial charge is 0.494 e. The molecule has 0 saturated heterocycles. The van der Waals surface area contributed by atoms with Crippen molar-refractivity contribution in [1.82, 2.24) is 5.32 Å². The highest BCUT2D eigenvalue weighted by Crippen LogP contribution is 2.23. The van der Waals surface area contributed by atoms with Crippen molar-refractivity contribution < 1.29 is 19.0 Å². The Morgan fingerprint density at radius 3 is 2.86 bits per heavy atom. The highest BCUT2D eigenvalue weighted by Gasteiger charge is 2.16. The minimum Gasteiger partial charge on any atom is -0.494 e. The number of carboxylic acid groups (broad SMARTS) is 1. The van der Waals surface area contributed by atoms with Gasteiger partial charge in [0.05, 0.1) is 19.6 Å². The Bertz CT molecular complexity index is 601. The standard InChI is InChI=1S/C15H16FNO3S/c1-20-13-5-4-10(7-11(13)16)9-17-12(8-15(18)19)14-3-2-6-21-14/h2-7,12,17H,8-9H2,1H3,(H,18,19). The lowest BCUT2D eigenvalue weighted by molar-refractivity contribution is -0.137. The third kappa shape index (κ3) is 4.27. The number of rotatable bonds is 7. The zero-order chi connectivity index (χ0) is 15.2. The number of ether oxygens (including phenoxy) is 1. The molecule has 1 unspecified atom stereocenters. The number of halogens is 1. The van der Waals surface area contributed by atoms with E-state index in [1.165, 1.54) is 24.5 Å². The molecule has 0 amide bonds. The van der Waals surface area contributed by atoms with E-state index in [4.69, 9.17) is 9.84 Å². The first-order valence-electron chi connectivity index (χ1n) is 6.41. The summed E-state index contributed by atoms with van der Waals surface area (Å²) in [6.45, 7) is 0.386. The van der Waals surface area contributed by atoms with Gasteiger partial charge in [-0.15, -0.1) is 11.3 Å². The van der Waals surface area contributed by atoms with Gasteiger partial charge in [-0.2, -0.15) is 0 Å². The van der Waals surface area contributed by atoms with Crippen molar-refractivity contribution in [3.8, 4) is 5.75 Å². The van der Waals surface area contributed by atoms with E-state index >= 15 is 0 Å². The SMILES string of the molecule is COc1ccc(CNC(CC(=O)O)c2cccs2)cc1F. The van der Waals surface area contributed by atoms with Crippen LogP contribution >= 0.6 is 11.3 Å². The quantitative estimate of drug-likeness (QED) is 0.824. The lowest BCUT2D eigenvalue weighted by Gasteiger charge is -2.16. The normalized spacial score (nSPS) is 12.1. The van der Waals surface area contributed by atoms with E-state index in [2.05, 4.69) is 5.32 Å². The van der Waals surface area contributed by atoms with Crippen molar-refractivity contribution in [2.75, 3.05) is 7.11 Å². The Labute approximate surface area is 126 Å². The first-order valence-corrected chi connectivity index (χ1v) is 7.29. The zero-order valence-electron chi connectivity index (χ0n) is 11.5. The monoisotopic (exact) mass is 309 g/mol. The molecule has 2 aromatic rings. The number of hydrogen-bond donors (Lipinski definition) is 2. The Balaban J connectivity index is 2.04. The topological polar surface area (TPSA) is 58.6 Å². The lowest BCUT2D eigenvalue weighted by atomic mass is 10.1. The molecular formula is C15H16FNO3S. The molecule has 1 aromatic carbocycles. The van der Waals surface area contributed by atoms with Crippen molar-refractivity contribution in [2.45, 2.75) is 19.0 Å². The number of aliphatic carboxylic acids is 1. The van der Waals surface area contributed by atoms with Crippen LogP contribution in [0.25, 0.3) is 0 Å². The van der Waals surface area contributed by atoms with Crippen LogP contribution in [0.4, 0.5) is 4.39 Å². The molecule has 0 aliphatic heterocycles. The molecule has 0 bridgehead atoms. The molecule has 1 atom stereocenters. The second-order valence-corrected chi connectivity index (χ2v) is 5.49. The number of carbonyl (C=O) groups is 1. The fraction of sp³-hybridized carbons (Fsp3) is 0.267. The van der Waals surface area contributed by atoms with E-state index in [1.807, 2.05) is 17.5 Å². The number of methoxy groups -OCH3 is 1. The minimum absolute atomic E-state index is 0.0147. The van der Waals surface area contributed by atoms with Crippen LogP contribution < -0.4 is 10.1 Å². The molecule has 21 heavy (non-hydrogen) atoms. The maximum atomic E-state index is 13.6. The number of benzene rings is 1. The van der Waals surface area contributed by atoms with Crippen molar-refractivity contribution in [3.63, 3.8) is 0 Å². The molecule has 2 N–H and O–H groups in total. The van der Waals surface area contributed by atoms with Crippen LogP contribution in [0.1, 0.15) is 22.9 Å². The predicted octanol–water partition coefficient (Wildman–Crippen LogP) is 3.20.